The molecule has 1 aliphatic heterocycles. The number of hydrogen-bond donors (Lipinski definition) is 1. The molecule has 1 unspecified atom stereocenters. The van der Waals surface area contributed by atoms with Gasteiger partial charge in [0.2, 0.25) is 5.91 Å². The van der Waals surface area contributed by atoms with Crippen molar-refractivity contribution >= 4 is 22.6 Å². The third kappa shape index (κ3) is 4.29. The van der Waals surface area contributed by atoms with Crippen LogP contribution < -0.4 is 5.32 Å². The first-order chi connectivity index (χ1) is 14.1. The lowest BCUT2D eigenvalue weighted by Crippen LogP contribution is -2.34. The van der Waals surface area contributed by atoms with Gasteiger partial charge in [-0.25, -0.2) is 4.39 Å². The molecule has 0 spiro atoms. The summed E-state index contributed by atoms with van der Waals surface area (Å²) in [6.07, 6.45) is 2.05. The molecule has 0 aliphatic carbocycles. The molecule has 4 rings (SSSR count). The Kier molecular flexibility index (Phi) is 5.56. The van der Waals surface area contributed by atoms with E-state index < -0.39 is 0 Å². The Morgan fingerprint density at radius 2 is 1.76 bits per heavy atom. The van der Waals surface area contributed by atoms with Crippen molar-refractivity contribution in [3.8, 4) is 0 Å². The predicted octanol–water partition coefficient (Wildman–Crippen LogP) is 4.46. The zero-order valence-electron chi connectivity index (χ0n) is 16.1. The second kappa shape index (κ2) is 8.43. The van der Waals surface area contributed by atoms with Gasteiger partial charge in [-0.2, -0.15) is 0 Å². The van der Waals surface area contributed by atoms with Crippen molar-refractivity contribution in [3.63, 3.8) is 0 Å². The number of fused-ring (bicyclic) bond motifs is 1. The second-order valence-corrected chi connectivity index (χ2v) is 7.36. The summed E-state index contributed by atoms with van der Waals surface area (Å²) in [6, 6.07) is 19.8. The Hall–Kier alpha value is -3.21. The van der Waals surface area contributed by atoms with E-state index in [1.807, 2.05) is 41.3 Å². The lowest BCUT2D eigenvalue weighted by atomic mass is 10.0. The summed E-state index contributed by atoms with van der Waals surface area (Å²) >= 11 is 0. The maximum Gasteiger partial charge on any atom is 0.251 e. The number of hydrogen-bond acceptors (Lipinski definition) is 2. The molecule has 0 aromatic heterocycles. The largest absolute Gasteiger partial charge is 0.352 e. The minimum absolute atomic E-state index is 0.00985. The molecule has 1 N–H and O–H groups in total. The van der Waals surface area contributed by atoms with Crippen LogP contribution in [0.3, 0.4) is 0 Å². The molecule has 4 nitrogen and oxygen atoms in total. The van der Waals surface area contributed by atoms with Gasteiger partial charge in [-0.15, -0.1) is 0 Å². The number of rotatable bonds is 5. The van der Waals surface area contributed by atoms with Crippen molar-refractivity contribution in [2.24, 2.45) is 0 Å². The number of nitrogens with one attached hydrogen (secondary N) is 1. The third-order valence-electron chi connectivity index (χ3n) is 5.46. The van der Waals surface area contributed by atoms with E-state index in [1.54, 1.807) is 18.2 Å². The highest BCUT2D eigenvalue weighted by molar-refractivity contribution is 5.98. The second-order valence-electron chi connectivity index (χ2n) is 7.36. The van der Waals surface area contributed by atoms with Gasteiger partial charge in [0.1, 0.15) is 5.82 Å². The Bertz CT molecular complexity index is 1030. The van der Waals surface area contributed by atoms with Crippen LogP contribution in [0.15, 0.2) is 66.7 Å². The zero-order valence-corrected chi connectivity index (χ0v) is 16.1. The topological polar surface area (TPSA) is 49.4 Å². The fourth-order valence-electron chi connectivity index (χ4n) is 3.96. The quantitative estimate of drug-likeness (QED) is 0.699. The van der Waals surface area contributed by atoms with Gasteiger partial charge < -0.3 is 10.2 Å². The summed E-state index contributed by atoms with van der Waals surface area (Å²) in [6.45, 7) is 0.983. The highest BCUT2D eigenvalue weighted by atomic mass is 19.1. The lowest BCUT2D eigenvalue weighted by Gasteiger charge is -2.25. The van der Waals surface area contributed by atoms with Crippen LogP contribution in [0.1, 0.15) is 41.2 Å². The molecule has 148 valence electrons. The molecule has 1 aliphatic rings. The molecular weight excluding hydrogens is 367 g/mol. The van der Waals surface area contributed by atoms with Gasteiger partial charge in [0, 0.05) is 25.1 Å². The van der Waals surface area contributed by atoms with Gasteiger partial charge in [0.05, 0.1) is 6.04 Å². The average Bonchev–Trinajstić information content (AvgIpc) is 3.24. The third-order valence-corrected chi connectivity index (χ3v) is 5.46. The van der Waals surface area contributed by atoms with Crippen LogP contribution in [0.2, 0.25) is 0 Å². The molecule has 5 heteroatoms. The van der Waals surface area contributed by atoms with E-state index in [0.29, 0.717) is 12.1 Å². The summed E-state index contributed by atoms with van der Waals surface area (Å²) in [7, 11) is 0. The summed E-state index contributed by atoms with van der Waals surface area (Å²) in [5, 5.41) is 4.94. The van der Waals surface area contributed by atoms with Crippen molar-refractivity contribution in [1.82, 2.24) is 10.2 Å². The van der Waals surface area contributed by atoms with Gasteiger partial charge in [0.25, 0.3) is 5.91 Å². The van der Waals surface area contributed by atoms with Crippen molar-refractivity contribution < 1.29 is 14.0 Å². The van der Waals surface area contributed by atoms with E-state index >= 15 is 0 Å². The molecule has 1 saturated heterocycles. The van der Waals surface area contributed by atoms with E-state index in [-0.39, 0.29) is 36.6 Å². The van der Waals surface area contributed by atoms with Gasteiger partial charge in [0.15, 0.2) is 0 Å². The monoisotopic (exact) mass is 390 g/mol. The van der Waals surface area contributed by atoms with Gasteiger partial charge in [-0.05, 0) is 53.4 Å². The Morgan fingerprint density at radius 3 is 2.55 bits per heavy atom. The molecule has 2 amide bonds. The number of nitrogens with zero attached hydrogens (tertiary/aromatic N) is 1. The van der Waals surface area contributed by atoms with E-state index in [1.165, 1.54) is 12.1 Å². The SMILES string of the molecule is O=C(NCCC(=O)N1CCCC1c1ccc(F)cc1)c1ccc2ccccc2c1. The van der Waals surface area contributed by atoms with Crippen LogP contribution in [-0.2, 0) is 4.79 Å². The molecule has 0 radical (unpaired) electrons. The Balaban J connectivity index is 1.34. The molecular formula is C24H23FN2O2. The van der Waals surface area contributed by atoms with Crippen LogP contribution in [0.4, 0.5) is 4.39 Å². The highest BCUT2D eigenvalue weighted by Gasteiger charge is 2.29. The standard InChI is InChI=1S/C24H23FN2O2/c25-21-11-9-18(10-12-21)22-6-3-15-27(22)23(28)13-14-26-24(29)20-8-7-17-4-1-2-5-19(17)16-20/h1-2,4-5,7-12,16,22H,3,6,13-15H2,(H,26,29). The summed E-state index contributed by atoms with van der Waals surface area (Å²) in [5.41, 5.74) is 1.54. The first kappa shape index (κ1) is 19.1. The highest BCUT2D eigenvalue weighted by Crippen LogP contribution is 2.32. The smallest absolute Gasteiger partial charge is 0.251 e. The maximum atomic E-state index is 13.2. The predicted molar refractivity (Wildman–Crippen MR) is 111 cm³/mol. The van der Waals surface area contributed by atoms with E-state index in [9.17, 15) is 14.0 Å². The van der Waals surface area contributed by atoms with Crippen molar-refractivity contribution in [3.05, 3.63) is 83.7 Å². The number of likely N-dealkylation sites (tertiary alicyclic amines) is 1. The minimum Gasteiger partial charge on any atom is -0.352 e. The van der Waals surface area contributed by atoms with Crippen LogP contribution in [0, 0.1) is 5.82 Å². The molecule has 0 bridgehead atoms. The average molecular weight is 390 g/mol. The van der Waals surface area contributed by atoms with Crippen molar-refractivity contribution in [2.45, 2.75) is 25.3 Å². The molecule has 3 aromatic carbocycles. The van der Waals surface area contributed by atoms with Gasteiger partial charge >= 0.3 is 0 Å². The fraction of sp³-hybridized carbons (Fsp3) is 0.250. The van der Waals surface area contributed by atoms with Gasteiger partial charge in [-0.1, -0.05) is 42.5 Å². The maximum absolute atomic E-state index is 13.2. The molecule has 3 aromatic rings. The lowest BCUT2D eigenvalue weighted by molar-refractivity contribution is -0.132. The van der Waals surface area contributed by atoms with Crippen LogP contribution in [-0.4, -0.2) is 29.8 Å². The van der Waals surface area contributed by atoms with E-state index in [0.717, 1.165) is 29.2 Å². The number of halogens is 1. The number of carbonyl (C=O) groups is 2. The first-order valence-electron chi connectivity index (χ1n) is 9.94. The van der Waals surface area contributed by atoms with Crippen molar-refractivity contribution in [1.29, 1.82) is 0 Å². The zero-order chi connectivity index (χ0) is 20.2. The van der Waals surface area contributed by atoms with Crippen LogP contribution in [0.5, 0.6) is 0 Å². The molecule has 1 heterocycles. The Morgan fingerprint density at radius 1 is 1.00 bits per heavy atom. The number of amides is 2. The normalized spacial score (nSPS) is 16.2. The Labute approximate surface area is 169 Å². The van der Waals surface area contributed by atoms with Crippen LogP contribution >= 0.6 is 0 Å². The minimum atomic E-state index is -0.277. The van der Waals surface area contributed by atoms with Gasteiger partial charge in [-0.3, -0.25) is 9.59 Å². The fourth-order valence-corrected chi connectivity index (χ4v) is 3.96. The summed E-state index contributed by atoms with van der Waals surface area (Å²) in [4.78, 5) is 27.0. The van der Waals surface area contributed by atoms with Crippen molar-refractivity contribution in [2.75, 3.05) is 13.1 Å². The molecule has 1 atom stereocenters. The van der Waals surface area contributed by atoms with E-state index in [2.05, 4.69) is 5.32 Å². The summed E-state index contributed by atoms with van der Waals surface area (Å²) < 4.78 is 13.2. The first-order valence-corrected chi connectivity index (χ1v) is 9.94. The molecule has 1 fully saturated rings. The number of carbonyl (C=O) groups excluding carboxylic acids is 2. The van der Waals surface area contributed by atoms with E-state index in [4.69, 9.17) is 0 Å². The molecule has 29 heavy (non-hydrogen) atoms. The number of benzene rings is 3. The summed E-state index contributed by atoms with van der Waals surface area (Å²) in [5.74, 6) is -0.447. The van der Waals surface area contributed by atoms with Crippen LogP contribution in [0.25, 0.3) is 10.8 Å². The molecule has 0 saturated carbocycles.